The van der Waals surface area contributed by atoms with E-state index < -0.39 is 30.9 Å². The number of nitrogens with zero attached hydrogens (tertiary/aromatic N) is 1. The number of hydrogen-bond acceptors (Lipinski definition) is 6. The molecule has 0 radical (unpaired) electrons. The van der Waals surface area contributed by atoms with Gasteiger partial charge in [0.25, 0.3) is 5.91 Å². The van der Waals surface area contributed by atoms with E-state index in [0.717, 1.165) is 11.0 Å². The van der Waals surface area contributed by atoms with Crippen molar-refractivity contribution in [3.63, 3.8) is 0 Å². The third-order valence-corrected chi connectivity index (χ3v) is 3.91. The fourth-order valence-corrected chi connectivity index (χ4v) is 2.55. The number of ether oxygens (including phenoxy) is 2. The first-order chi connectivity index (χ1) is 12.6. The van der Waals surface area contributed by atoms with Crippen LogP contribution in [0.25, 0.3) is 0 Å². The Kier molecular flexibility index (Phi) is 7.46. The Morgan fingerprint density at radius 2 is 1.96 bits per heavy atom. The Morgan fingerprint density at radius 3 is 2.73 bits per heavy atom. The van der Waals surface area contributed by atoms with E-state index >= 15 is 0 Å². The molecule has 0 aromatic heterocycles. The van der Waals surface area contributed by atoms with Gasteiger partial charge in [0, 0.05) is 11.0 Å². The molecule has 0 fully saturated rings. The highest BCUT2D eigenvalue weighted by atomic mass is 32.2. The van der Waals surface area contributed by atoms with Crippen LogP contribution in [0, 0.1) is 17.1 Å². The zero-order chi connectivity index (χ0) is 18.8. The van der Waals surface area contributed by atoms with Gasteiger partial charge in [-0.1, -0.05) is 18.2 Å². The van der Waals surface area contributed by atoms with Crippen molar-refractivity contribution in [3.05, 3.63) is 54.3 Å². The molecule has 0 aliphatic heterocycles. The predicted molar refractivity (Wildman–Crippen MR) is 94.3 cm³/mol. The van der Waals surface area contributed by atoms with Gasteiger partial charge in [-0.2, -0.15) is 5.26 Å². The Bertz CT molecular complexity index is 823. The minimum absolute atomic E-state index is 0.190. The Labute approximate surface area is 153 Å². The molecule has 8 heteroatoms. The van der Waals surface area contributed by atoms with Crippen LogP contribution < -0.4 is 10.1 Å². The van der Waals surface area contributed by atoms with Gasteiger partial charge in [0.05, 0.1) is 17.5 Å². The maximum Gasteiger partial charge on any atom is 0.344 e. The molecule has 0 spiro atoms. The van der Waals surface area contributed by atoms with E-state index in [1.165, 1.54) is 30.0 Å². The molecule has 0 atom stereocenters. The van der Waals surface area contributed by atoms with Gasteiger partial charge in [-0.05, 0) is 24.3 Å². The van der Waals surface area contributed by atoms with E-state index in [2.05, 4.69) is 5.32 Å². The molecule has 0 saturated carbocycles. The molecule has 1 N–H and O–H groups in total. The zero-order valence-electron chi connectivity index (χ0n) is 13.6. The van der Waals surface area contributed by atoms with Gasteiger partial charge in [0.15, 0.2) is 13.2 Å². The lowest BCUT2D eigenvalue weighted by molar-refractivity contribution is -0.149. The molecule has 2 rings (SSSR count). The van der Waals surface area contributed by atoms with Crippen LogP contribution in [0.3, 0.4) is 0 Å². The summed E-state index contributed by atoms with van der Waals surface area (Å²) in [6.45, 7) is -0.923. The predicted octanol–water partition coefficient (Wildman–Crippen LogP) is 3.00. The first kappa shape index (κ1) is 19.3. The highest BCUT2D eigenvalue weighted by molar-refractivity contribution is 7.99. The molecular formula is C18H15FN2O4S. The minimum atomic E-state index is -0.753. The number of esters is 1. The molecule has 0 unspecified atom stereocenters. The first-order valence-corrected chi connectivity index (χ1v) is 8.49. The highest BCUT2D eigenvalue weighted by Gasteiger charge is 2.11. The molecule has 134 valence electrons. The Morgan fingerprint density at radius 1 is 1.15 bits per heavy atom. The summed E-state index contributed by atoms with van der Waals surface area (Å²) in [5.74, 6) is -1.32. The lowest BCUT2D eigenvalue weighted by Crippen LogP contribution is -2.23. The van der Waals surface area contributed by atoms with Crippen LogP contribution in [0.2, 0.25) is 0 Å². The molecule has 0 heterocycles. The van der Waals surface area contributed by atoms with Crippen LogP contribution >= 0.6 is 11.8 Å². The van der Waals surface area contributed by atoms with Crippen LogP contribution in [-0.4, -0.2) is 30.8 Å². The van der Waals surface area contributed by atoms with Crippen molar-refractivity contribution in [1.29, 1.82) is 5.26 Å². The summed E-state index contributed by atoms with van der Waals surface area (Å²) >= 11 is 1.29. The molecule has 2 aromatic rings. The van der Waals surface area contributed by atoms with Gasteiger partial charge in [-0.25, -0.2) is 9.18 Å². The quantitative estimate of drug-likeness (QED) is 0.564. The summed E-state index contributed by atoms with van der Waals surface area (Å²) in [4.78, 5) is 24.3. The molecule has 2 aromatic carbocycles. The highest BCUT2D eigenvalue weighted by Crippen LogP contribution is 2.26. The first-order valence-electron chi connectivity index (χ1n) is 7.51. The largest absolute Gasteiger partial charge is 0.482 e. The van der Waals surface area contributed by atoms with Crippen LogP contribution in [0.4, 0.5) is 10.1 Å². The van der Waals surface area contributed by atoms with Crippen LogP contribution in [0.5, 0.6) is 5.75 Å². The van der Waals surface area contributed by atoms with E-state index in [1.807, 2.05) is 6.07 Å². The molecule has 0 aliphatic carbocycles. The second kappa shape index (κ2) is 10.1. The number of nitriles is 1. The van der Waals surface area contributed by atoms with Gasteiger partial charge in [0.2, 0.25) is 0 Å². The van der Waals surface area contributed by atoms with E-state index in [4.69, 9.17) is 14.7 Å². The van der Waals surface area contributed by atoms with Crippen molar-refractivity contribution < 1.29 is 23.5 Å². The number of rotatable bonds is 8. The van der Waals surface area contributed by atoms with E-state index in [1.54, 1.807) is 24.3 Å². The lowest BCUT2D eigenvalue weighted by atomic mass is 10.3. The van der Waals surface area contributed by atoms with Crippen molar-refractivity contribution in [2.45, 2.75) is 4.90 Å². The molecule has 26 heavy (non-hydrogen) atoms. The molecular weight excluding hydrogens is 359 g/mol. The summed E-state index contributed by atoms with van der Waals surface area (Å²) < 4.78 is 22.9. The number of carbonyl (C=O) groups is 2. The lowest BCUT2D eigenvalue weighted by Gasteiger charge is -2.10. The summed E-state index contributed by atoms with van der Waals surface area (Å²) in [6.07, 6.45) is 0. The number of thioether (sulfide) groups is 1. The molecule has 0 bridgehead atoms. The van der Waals surface area contributed by atoms with E-state index in [9.17, 15) is 14.0 Å². The van der Waals surface area contributed by atoms with Gasteiger partial charge in [-0.15, -0.1) is 11.8 Å². The molecule has 1 amide bonds. The number of benzene rings is 2. The maximum absolute atomic E-state index is 13.0. The number of hydrogen-bond donors (Lipinski definition) is 1. The van der Waals surface area contributed by atoms with Crippen molar-refractivity contribution in [2.75, 3.05) is 24.3 Å². The van der Waals surface area contributed by atoms with Crippen molar-refractivity contribution >= 4 is 29.3 Å². The summed E-state index contributed by atoms with van der Waals surface area (Å²) in [5, 5.41) is 11.3. The fraction of sp³-hybridized carbons (Fsp3) is 0.167. The number of anilines is 1. The Hall–Kier alpha value is -3.05. The van der Waals surface area contributed by atoms with Crippen LogP contribution in [0.15, 0.2) is 53.4 Å². The minimum Gasteiger partial charge on any atom is -0.482 e. The van der Waals surface area contributed by atoms with Gasteiger partial charge >= 0.3 is 5.97 Å². The second-order valence-electron chi connectivity index (χ2n) is 4.90. The topological polar surface area (TPSA) is 88.4 Å². The molecule has 0 saturated heterocycles. The standard InChI is InChI=1S/C18H15FN2O4S/c19-13-4-3-5-14(10-13)24-12-18(23)25-11-17(22)21-15-6-1-2-7-16(15)26-9-8-20/h1-7,10H,9,11-12H2,(H,21,22). The van der Waals surface area contributed by atoms with Crippen LogP contribution in [0.1, 0.15) is 0 Å². The van der Waals surface area contributed by atoms with Gasteiger partial charge < -0.3 is 14.8 Å². The van der Waals surface area contributed by atoms with E-state index in [-0.39, 0.29) is 11.5 Å². The number of nitrogens with one attached hydrogen (secondary N) is 1. The summed E-state index contributed by atoms with van der Waals surface area (Å²) in [5.41, 5.74) is 0.532. The average Bonchev–Trinajstić information content (AvgIpc) is 2.64. The number of carbonyl (C=O) groups excluding carboxylic acids is 2. The average molecular weight is 374 g/mol. The zero-order valence-corrected chi connectivity index (χ0v) is 14.4. The maximum atomic E-state index is 13.0. The number of halogens is 1. The van der Waals surface area contributed by atoms with Gasteiger partial charge in [-0.3, -0.25) is 4.79 Å². The summed E-state index contributed by atoms with van der Waals surface area (Å²) in [6, 6.07) is 14.3. The third-order valence-electron chi connectivity index (χ3n) is 2.97. The Balaban J connectivity index is 1.78. The number of amides is 1. The van der Waals surface area contributed by atoms with Crippen molar-refractivity contribution in [1.82, 2.24) is 0 Å². The molecule has 6 nitrogen and oxygen atoms in total. The monoisotopic (exact) mass is 374 g/mol. The SMILES string of the molecule is N#CCSc1ccccc1NC(=O)COC(=O)COc1cccc(F)c1. The normalized spacial score (nSPS) is 9.85. The van der Waals surface area contributed by atoms with Crippen LogP contribution in [-0.2, 0) is 14.3 Å². The van der Waals surface area contributed by atoms with E-state index in [0.29, 0.717) is 5.69 Å². The summed E-state index contributed by atoms with van der Waals surface area (Å²) in [7, 11) is 0. The fourth-order valence-electron chi connectivity index (χ4n) is 1.88. The second-order valence-corrected chi connectivity index (χ2v) is 5.92. The number of para-hydroxylation sites is 1. The van der Waals surface area contributed by atoms with Crippen molar-refractivity contribution in [3.8, 4) is 11.8 Å². The third kappa shape index (κ3) is 6.45. The smallest absolute Gasteiger partial charge is 0.344 e. The van der Waals surface area contributed by atoms with Gasteiger partial charge in [0.1, 0.15) is 11.6 Å². The molecule has 0 aliphatic rings. The van der Waals surface area contributed by atoms with Crippen molar-refractivity contribution in [2.24, 2.45) is 0 Å².